The number of hydrogen-bond donors (Lipinski definition) is 1. The highest BCUT2D eigenvalue weighted by Gasteiger charge is 2.33. The molecule has 1 aliphatic heterocycles. The van der Waals surface area contributed by atoms with E-state index in [-0.39, 0.29) is 11.9 Å². The van der Waals surface area contributed by atoms with Crippen LogP contribution in [-0.2, 0) is 0 Å². The average Bonchev–Trinajstić information content (AvgIpc) is 3.20. The molecule has 0 spiro atoms. The molecular weight excluding hydrogens is 304 g/mol. The number of aromatic nitrogens is 3. The highest BCUT2D eigenvalue weighted by molar-refractivity contribution is 5.96. The summed E-state index contributed by atoms with van der Waals surface area (Å²) in [4.78, 5) is 19.5. The van der Waals surface area contributed by atoms with E-state index in [1.807, 2.05) is 49.0 Å². The van der Waals surface area contributed by atoms with E-state index in [0.717, 1.165) is 30.0 Å². The smallest absolute Gasteiger partial charge is 0.256 e. The Kier molecular flexibility index (Phi) is 4.21. The van der Waals surface area contributed by atoms with Crippen molar-refractivity contribution in [1.82, 2.24) is 20.1 Å². The van der Waals surface area contributed by atoms with Crippen molar-refractivity contribution in [3.05, 3.63) is 40.8 Å². The maximum atomic E-state index is 12.9. The van der Waals surface area contributed by atoms with Crippen LogP contribution >= 0.6 is 0 Å². The van der Waals surface area contributed by atoms with Crippen molar-refractivity contribution in [2.75, 3.05) is 25.5 Å². The van der Waals surface area contributed by atoms with Crippen molar-refractivity contribution in [1.29, 1.82) is 5.26 Å². The van der Waals surface area contributed by atoms with Gasteiger partial charge in [-0.25, -0.2) is 0 Å². The summed E-state index contributed by atoms with van der Waals surface area (Å²) >= 11 is 0. The van der Waals surface area contributed by atoms with Gasteiger partial charge in [-0.2, -0.15) is 10.4 Å². The zero-order valence-electron chi connectivity index (χ0n) is 14.1. The second-order valence-corrected chi connectivity index (χ2v) is 6.20. The van der Waals surface area contributed by atoms with E-state index in [2.05, 4.69) is 15.2 Å². The SMILES string of the molecule is Cc1[nH]c(C#N)cc1C(=O)N1CCCC1c1ccc(N(C)C)nn1. The number of carbonyl (C=O) groups is 1. The summed E-state index contributed by atoms with van der Waals surface area (Å²) in [5.41, 5.74) is 2.48. The zero-order chi connectivity index (χ0) is 17.3. The van der Waals surface area contributed by atoms with Gasteiger partial charge >= 0.3 is 0 Å². The molecule has 0 aromatic carbocycles. The van der Waals surface area contributed by atoms with Crippen molar-refractivity contribution >= 4 is 11.7 Å². The van der Waals surface area contributed by atoms with Crippen molar-refractivity contribution < 1.29 is 4.79 Å². The average molecular weight is 324 g/mol. The van der Waals surface area contributed by atoms with Crippen LogP contribution in [0.1, 0.15) is 46.3 Å². The predicted octanol–water partition coefficient (Wildman–Crippen LogP) is 2.03. The number of hydrogen-bond acceptors (Lipinski definition) is 5. The number of amides is 1. The lowest BCUT2D eigenvalue weighted by Gasteiger charge is -2.24. The number of carbonyl (C=O) groups excluding carboxylic acids is 1. The first-order valence-corrected chi connectivity index (χ1v) is 7.93. The molecule has 0 aliphatic carbocycles. The topological polar surface area (TPSA) is 88.9 Å². The number of anilines is 1. The first kappa shape index (κ1) is 16.0. The van der Waals surface area contributed by atoms with Crippen molar-refractivity contribution in [3.63, 3.8) is 0 Å². The normalized spacial score (nSPS) is 16.9. The van der Waals surface area contributed by atoms with Gasteiger partial charge in [0.1, 0.15) is 11.8 Å². The largest absolute Gasteiger partial charge is 0.361 e. The van der Waals surface area contributed by atoms with Gasteiger partial charge in [0.05, 0.1) is 17.3 Å². The monoisotopic (exact) mass is 324 g/mol. The number of aromatic amines is 1. The van der Waals surface area contributed by atoms with Gasteiger partial charge in [0, 0.05) is 26.3 Å². The zero-order valence-corrected chi connectivity index (χ0v) is 14.1. The van der Waals surface area contributed by atoms with E-state index in [1.54, 1.807) is 6.07 Å². The molecule has 124 valence electrons. The molecule has 2 aromatic heterocycles. The molecule has 7 nitrogen and oxygen atoms in total. The van der Waals surface area contributed by atoms with Gasteiger partial charge in [-0.3, -0.25) is 4.79 Å². The summed E-state index contributed by atoms with van der Waals surface area (Å²) in [7, 11) is 3.83. The van der Waals surface area contributed by atoms with E-state index in [4.69, 9.17) is 5.26 Å². The molecular formula is C17H20N6O. The van der Waals surface area contributed by atoms with Gasteiger partial charge in [0.2, 0.25) is 0 Å². The maximum Gasteiger partial charge on any atom is 0.256 e. The molecule has 1 unspecified atom stereocenters. The third-order valence-electron chi connectivity index (χ3n) is 4.35. The molecule has 2 aromatic rings. The molecule has 1 atom stereocenters. The summed E-state index contributed by atoms with van der Waals surface area (Å²) in [5, 5.41) is 17.5. The minimum atomic E-state index is -0.0685. The lowest BCUT2D eigenvalue weighted by Crippen LogP contribution is -2.31. The van der Waals surface area contributed by atoms with Crippen LogP contribution in [0.5, 0.6) is 0 Å². The van der Waals surface area contributed by atoms with Crippen LogP contribution in [0.4, 0.5) is 5.82 Å². The Morgan fingerprint density at radius 3 is 2.79 bits per heavy atom. The van der Waals surface area contributed by atoms with Crippen LogP contribution in [0, 0.1) is 18.3 Å². The molecule has 1 saturated heterocycles. The second-order valence-electron chi connectivity index (χ2n) is 6.20. The van der Waals surface area contributed by atoms with Crippen LogP contribution in [0.2, 0.25) is 0 Å². The molecule has 1 amide bonds. The standard InChI is InChI=1S/C17H20N6O/c1-11-13(9-12(10-18)19-11)17(24)23-8-4-5-15(23)14-6-7-16(21-20-14)22(2)3/h6-7,9,15,19H,4-5,8H2,1-3H3. The fraction of sp³-hybridized carbons (Fsp3) is 0.412. The number of rotatable bonds is 3. The van der Waals surface area contributed by atoms with Crippen LogP contribution < -0.4 is 4.90 Å². The highest BCUT2D eigenvalue weighted by atomic mass is 16.2. The molecule has 0 saturated carbocycles. The molecule has 3 heterocycles. The number of H-pyrrole nitrogens is 1. The van der Waals surface area contributed by atoms with E-state index in [0.29, 0.717) is 17.8 Å². The number of nitrogens with zero attached hydrogens (tertiary/aromatic N) is 5. The molecule has 0 radical (unpaired) electrons. The van der Waals surface area contributed by atoms with Crippen molar-refractivity contribution in [2.24, 2.45) is 0 Å². The highest BCUT2D eigenvalue weighted by Crippen LogP contribution is 2.32. The molecule has 7 heteroatoms. The number of nitrogens with one attached hydrogen (secondary N) is 1. The van der Waals surface area contributed by atoms with Crippen molar-refractivity contribution in [3.8, 4) is 6.07 Å². The third-order valence-corrected chi connectivity index (χ3v) is 4.35. The van der Waals surface area contributed by atoms with Gasteiger partial charge in [0.25, 0.3) is 5.91 Å². The van der Waals surface area contributed by atoms with Gasteiger partial charge in [-0.05, 0) is 38.0 Å². The van der Waals surface area contributed by atoms with Crippen LogP contribution in [0.15, 0.2) is 18.2 Å². The molecule has 1 fully saturated rings. The Hall–Kier alpha value is -2.88. The Morgan fingerprint density at radius 2 is 2.21 bits per heavy atom. The minimum Gasteiger partial charge on any atom is -0.361 e. The Labute approximate surface area is 140 Å². The van der Waals surface area contributed by atoms with Crippen LogP contribution in [0.25, 0.3) is 0 Å². The molecule has 1 aliphatic rings. The number of aryl methyl sites for hydroxylation is 1. The Balaban J connectivity index is 1.86. The molecule has 3 rings (SSSR count). The van der Waals surface area contributed by atoms with E-state index < -0.39 is 0 Å². The summed E-state index contributed by atoms with van der Waals surface area (Å²) < 4.78 is 0. The van der Waals surface area contributed by atoms with Gasteiger partial charge in [-0.1, -0.05) is 0 Å². The second kappa shape index (κ2) is 6.32. The maximum absolute atomic E-state index is 12.9. The van der Waals surface area contributed by atoms with E-state index in [9.17, 15) is 4.79 Å². The van der Waals surface area contributed by atoms with E-state index in [1.165, 1.54) is 0 Å². The summed E-state index contributed by atoms with van der Waals surface area (Å²) in [6.07, 6.45) is 1.80. The van der Waals surface area contributed by atoms with Gasteiger partial charge in [-0.15, -0.1) is 5.10 Å². The van der Waals surface area contributed by atoms with Crippen LogP contribution in [-0.4, -0.2) is 46.6 Å². The Bertz CT molecular complexity index is 786. The summed E-state index contributed by atoms with van der Waals surface area (Å²) in [6, 6.07) is 7.44. The predicted molar refractivity (Wildman–Crippen MR) is 89.6 cm³/mol. The summed E-state index contributed by atoms with van der Waals surface area (Å²) in [5.74, 6) is 0.723. The Morgan fingerprint density at radius 1 is 1.42 bits per heavy atom. The number of likely N-dealkylation sites (tertiary alicyclic amines) is 1. The first-order valence-electron chi connectivity index (χ1n) is 7.93. The third kappa shape index (κ3) is 2.83. The van der Waals surface area contributed by atoms with E-state index >= 15 is 0 Å². The summed E-state index contributed by atoms with van der Waals surface area (Å²) in [6.45, 7) is 2.50. The van der Waals surface area contributed by atoms with Gasteiger partial charge < -0.3 is 14.8 Å². The lowest BCUT2D eigenvalue weighted by molar-refractivity contribution is 0.0732. The quantitative estimate of drug-likeness (QED) is 0.933. The van der Waals surface area contributed by atoms with Gasteiger partial charge in [0.15, 0.2) is 5.82 Å². The molecule has 1 N–H and O–H groups in total. The lowest BCUT2D eigenvalue weighted by atomic mass is 10.1. The molecule has 0 bridgehead atoms. The first-order chi connectivity index (χ1) is 11.5. The van der Waals surface area contributed by atoms with Crippen molar-refractivity contribution in [2.45, 2.75) is 25.8 Å². The molecule has 24 heavy (non-hydrogen) atoms. The fourth-order valence-corrected chi connectivity index (χ4v) is 3.06. The minimum absolute atomic E-state index is 0.0637. The van der Waals surface area contributed by atoms with Crippen LogP contribution in [0.3, 0.4) is 0 Å². The fourth-order valence-electron chi connectivity index (χ4n) is 3.06. The number of nitriles is 1.